The Labute approximate surface area is 106 Å². The van der Waals surface area contributed by atoms with Crippen molar-refractivity contribution in [2.24, 2.45) is 0 Å². The lowest BCUT2D eigenvalue weighted by molar-refractivity contribution is 0.587. The minimum absolute atomic E-state index is 0.502. The summed E-state index contributed by atoms with van der Waals surface area (Å²) in [6.45, 7) is 5.15. The fourth-order valence-electron chi connectivity index (χ4n) is 1.50. The van der Waals surface area contributed by atoms with E-state index in [1.54, 1.807) is 11.3 Å². The molecule has 0 spiro atoms. The number of pyridine rings is 1. The van der Waals surface area contributed by atoms with Crippen LogP contribution in [0.25, 0.3) is 0 Å². The molecule has 0 fully saturated rings. The first-order chi connectivity index (χ1) is 8.24. The molecule has 0 saturated heterocycles. The molecule has 0 atom stereocenters. The van der Waals surface area contributed by atoms with E-state index in [2.05, 4.69) is 29.1 Å². The van der Waals surface area contributed by atoms with E-state index in [9.17, 15) is 0 Å². The van der Waals surface area contributed by atoms with E-state index in [0.717, 1.165) is 18.0 Å². The largest absolute Gasteiger partial charge is 0.308 e. The molecule has 0 amide bonds. The highest BCUT2D eigenvalue weighted by atomic mass is 32.1. The van der Waals surface area contributed by atoms with Crippen molar-refractivity contribution in [2.45, 2.75) is 32.9 Å². The average Bonchev–Trinajstić information content (AvgIpc) is 2.75. The zero-order valence-electron chi connectivity index (χ0n) is 10.2. The number of nitrogens with zero attached hydrogens (tertiary/aromatic N) is 2. The third-order valence-corrected chi connectivity index (χ3v) is 3.39. The molecule has 2 aromatic rings. The van der Waals surface area contributed by atoms with Gasteiger partial charge in [-0.1, -0.05) is 13.8 Å². The van der Waals surface area contributed by atoms with Crippen molar-refractivity contribution < 1.29 is 0 Å². The third kappa shape index (κ3) is 3.91. The summed E-state index contributed by atoms with van der Waals surface area (Å²) < 4.78 is 0. The van der Waals surface area contributed by atoms with Crippen LogP contribution in [0.1, 0.15) is 29.3 Å². The molecule has 0 aliphatic rings. The van der Waals surface area contributed by atoms with Crippen molar-refractivity contribution in [2.75, 3.05) is 0 Å². The van der Waals surface area contributed by atoms with Gasteiger partial charge in [0.2, 0.25) is 0 Å². The summed E-state index contributed by atoms with van der Waals surface area (Å²) >= 11 is 1.78. The summed E-state index contributed by atoms with van der Waals surface area (Å²) in [6.07, 6.45) is 6.58. The number of nitrogens with one attached hydrogen (secondary N) is 1. The Morgan fingerprint density at radius 3 is 2.76 bits per heavy atom. The monoisotopic (exact) mass is 247 g/mol. The summed E-state index contributed by atoms with van der Waals surface area (Å²) in [5.74, 6) is 0. The van der Waals surface area contributed by atoms with E-state index in [0.29, 0.717) is 6.04 Å². The van der Waals surface area contributed by atoms with Crippen LogP contribution < -0.4 is 5.32 Å². The molecule has 4 heteroatoms. The van der Waals surface area contributed by atoms with Crippen LogP contribution in [0, 0.1) is 0 Å². The summed E-state index contributed by atoms with van der Waals surface area (Å²) in [5, 5.41) is 4.53. The van der Waals surface area contributed by atoms with E-state index >= 15 is 0 Å². The van der Waals surface area contributed by atoms with E-state index in [1.807, 2.05) is 30.7 Å². The van der Waals surface area contributed by atoms with Crippen molar-refractivity contribution in [1.29, 1.82) is 0 Å². The van der Waals surface area contributed by atoms with Gasteiger partial charge >= 0.3 is 0 Å². The molecule has 0 bridgehead atoms. The minimum atomic E-state index is 0.502. The van der Waals surface area contributed by atoms with Gasteiger partial charge in [0.25, 0.3) is 0 Å². The van der Waals surface area contributed by atoms with Gasteiger partial charge in [0.15, 0.2) is 0 Å². The van der Waals surface area contributed by atoms with E-state index in [-0.39, 0.29) is 0 Å². The molecule has 0 aromatic carbocycles. The molecule has 2 heterocycles. The molecule has 2 rings (SSSR count). The molecule has 0 radical (unpaired) electrons. The van der Waals surface area contributed by atoms with Crippen molar-refractivity contribution in [3.63, 3.8) is 0 Å². The Hall–Kier alpha value is -1.26. The summed E-state index contributed by atoms with van der Waals surface area (Å²) in [4.78, 5) is 9.75. The number of rotatable bonds is 5. The van der Waals surface area contributed by atoms with Gasteiger partial charge < -0.3 is 5.32 Å². The molecule has 17 heavy (non-hydrogen) atoms. The average molecular weight is 247 g/mol. The quantitative estimate of drug-likeness (QED) is 0.882. The Morgan fingerprint density at radius 2 is 2.06 bits per heavy atom. The molecular formula is C13H17N3S. The number of thiazole rings is 1. The van der Waals surface area contributed by atoms with Gasteiger partial charge in [0, 0.05) is 42.5 Å². The predicted molar refractivity (Wildman–Crippen MR) is 71.1 cm³/mol. The van der Waals surface area contributed by atoms with Gasteiger partial charge in [-0.15, -0.1) is 11.3 Å². The summed E-state index contributed by atoms with van der Waals surface area (Å²) in [6, 6.07) is 4.60. The fourth-order valence-corrected chi connectivity index (χ4v) is 2.41. The van der Waals surface area contributed by atoms with Crippen LogP contribution in [0.4, 0.5) is 0 Å². The zero-order valence-corrected chi connectivity index (χ0v) is 11.0. The van der Waals surface area contributed by atoms with Crippen molar-refractivity contribution in [3.05, 3.63) is 46.2 Å². The van der Waals surface area contributed by atoms with E-state index in [4.69, 9.17) is 0 Å². The van der Waals surface area contributed by atoms with E-state index in [1.165, 1.54) is 10.4 Å². The van der Waals surface area contributed by atoms with Crippen LogP contribution in [0.5, 0.6) is 0 Å². The molecule has 0 aliphatic carbocycles. The van der Waals surface area contributed by atoms with Gasteiger partial charge in [0.05, 0.1) is 0 Å². The van der Waals surface area contributed by atoms with E-state index < -0.39 is 0 Å². The van der Waals surface area contributed by atoms with Gasteiger partial charge in [-0.25, -0.2) is 4.98 Å². The fraction of sp³-hybridized carbons (Fsp3) is 0.385. The van der Waals surface area contributed by atoms with Crippen LogP contribution in [0.15, 0.2) is 30.7 Å². The SMILES string of the molecule is CC(C)NCc1ncc(Cc2ccncc2)s1. The molecule has 0 aliphatic heterocycles. The number of hydrogen-bond donors (Lipinski definition) is 1. The van der Waals surface area contributed by atoms with Crippen molar-refractivity contribution in [1.82, 2.24) is 15.3 Å². The highest BCUT2D eigenvalue weighted by molar-refractivity contribution is 7.11. The smallest absolute Gasteiger partial charge is 0.107 e. The number of hydrogen-bond acceptors (Lipinski definition) is 4. The predicted octanol–water partition coefficient (Wildman–Crippen LogP) is 2.63. The molecule has 2 aromatic heterocycles. The van der Waals surface area contributed by atoms with Crippen molar-refractivity contribution in [3.8, 4) is 0 Å². The minimum Gasteiger partial charge on any atom is -0.308 e. The Bertz CT molecular complexity index is 451. The molecule has 0 saturated carbocycles. The van der Waals surface area contributed by atoms with Crippen LogP contribution in [-0.4, -0.2) is 16.0 Å². The normalized spacial score (nSPS) is 11.0. The highest BCUT2D eigenvalue weighted by Crippen LogP contribution is 2.16. The summed E-state index contributed by atoms with van der Waals surface area (Å²) in [7, 11) is 0. The molecular weight excluding hydrogens is 230 g/mol. The van der Waals surface area contributed by atoms with Crippen LogP contribution >= 0.6 is 11.3 Å². The maximum atomic E-state index is 4.42. The second kappa shape index (κ2) is 5.89. The first-order valence-corrected chi connectivity index (χ1v) is 6.61. The second-order valence-corrected chi connectivity index (χ2v) is 5.49. The highest BCUT2D eigenvalue weighted by Gasteiger charge is 2.03. The molecule has 0 unspecified atom stereocenters. The third-order valence-electron chi connectivity index (χ3n) is 2.39. The molecule has 90 valence electrons. The van der Waals surface area contributed by atoms with Gasteiger partial charge in [-0.3, -0.25) is 4.98 Å². The van der Waals surface area contributed by atoms with Crippen LogP contribution in [0.3, 0.4) is 0 Å². The second-order valence-electron chi connectivity index (χ2n) is 4.29. The first-order valence-electron chi connectivity index (χ1n) is 5.80. The lowest BCUT2D eigenvalue weighted by Crippen LogP contribution is -2.21. The Morgan fingerprint density at radius 1 is 1.29 bits per heavy atom. The lowest BCUT2D eigenvalue weighted by atomic mass is 10.2. The lowest BCUT2D eigenvalue weighted by Gasteiger charge is -2.04. The van der Waals surface area contributed by atoms with Gasteiger partial charge in [0.1, 0.15) is 5.01 Å². The maximum absolute atomic E-state index is 4.42. The first kappa shape index (κ1) is 12.2. The van der Waals surface area contributed by atoms with Crippen LogP contribution in [-0.2, 0) is 13.0 Å². The standard InChI is InChI=1S/C13H17N3S/c1-10(2)15-9-13-16-8-12(17-13)7-11-3-5-14-6-4-11/h3-6,8,10,15H,7,9H2,1-2H3. The number of aromatic nitrogens is 2. The molecule has 3 nitrogen and oxygen atoms in total. The molecule has 1 N–H and O–H groups in total. The zero-order chi connectivity index (χ0) is 12.1. The Kier molecular flexibility index (Phi) is 4.23. The Balaban J connectivity index is 1.94. The van der Waals surface area contributed by atoms with Crippen LogP contribution in [0.2, 0.25) is 0 Å². The topological polar surface area (TPSA) is 37.8 Å². The van der Waals surface area contributed by atoms with Crippen molar-refractivity contribution >= 4 is 11.3 Å². The maximum Gasteiger partial charge on any atom is 0.107 e. The van der Waals surface area contributed by atoms with Gasteiger partial charge in [-0.05, 0) is 17.7 Å². The van der Waals surface area contributed by atoms with Gasteiger partial charge in [-0.2, -0.15) is 0 Å². The summed E-state index contributed by atoms with van der Waals surface area (Å²) in [5.41, 5.74) is 1.28.